The van der Waals surface area contributed by atoms with Crippen LogP contribution < -0.4 is 4.74 Å². The number of hydrogen-bond acceptors (Lipinski definition) is 4. The second-order valence-corrected chi connectivity index (χ2v) is 6.42. The maximum atomic E-state index is 12.8. The molecular formula is C19H28N2O3. The number of para-hydroxylation sites is 1. The number of amides is 1. The monoisotopic (exact) mass is 332 g/mol. The van der Waals surface area contributed by atoms with E-state index in [1.165, 1.54) is 0 Å². The Kier molecular flexibility index (Phi) is 6.82. The smallest absolute Gasteiger partial charge is 0.257 e. The topological polar surface area (TPSA) is 42.0 Å². The summed E-state index contributed by atoms with van der Waals surface area (Å²) in [7, 11) is 1.84. The van der Waals surface area contributed by atoms with Crippen LogP contribution in [-0.2, 0) is 4.74 Å². The summed E-state index contributed by atoms with van der Waals surface area (Å²) in [6.45, 7) is 12.3. The van der Waals surface area contributed by atoms with Crippen LogP contribution in [0.2, 0.25) is 0 Å². The number of carbonyl (C=O) groups is 1. The molecule has 1 atom stereocenters. The highest BCUT2D eigenvalue weighted by Crippen LogP contribution is 2.20. The molecule has 0 N–H and O–H groups in total. The SMILES string of the molecule is C=C(C)COc1ccccc1C(=O)N(C)C[C@H](C)N1CCOCC1. The fraction of sp³-hybridized carbons (Fsp3) is 0.526. The van der Waals surface area contributed by atoms with Crippen LogP contribution >= 0.6 is 0 Å². The molecule has 0 spiro atoms. The van der Waals surface area contributed by atoms with Crippen LogP contribution in [0.1, 0.15) is 24.2 Å². The molecule has 0 aliphatic carbocycles. The van der Waals surface area contributed by atoms with Gasteiger partial charge in [0.05, 0.1) is 18.8 Å². The van der Waals surface area contributed by atoms with Crippen LogP contribution in [0.25, 0.3) is 0 Å². The Morgan fingerprint density at radius 3 is 2.71 bits per heavy atom. The van der Waals surface area contributed by atoms with Gasteiger partial charge in [-0.1, -0.05) is 18.7 Å². The van der Waals surface area contributed by atoms with E-state index >= 15 is 0 Å². The van der Waals surface area contributed by atoms with Crippen LogP contribution in [-0.4, -0.2) is 68.3 Å². The molecule has 1 heterocycles. The van der Waals surface area contributed by atoms with Crippen LogP contribution in [0.15, 0.2) is 36.4 Å². The van der Waals surface area contributed by atoms with Crippen molar-refractivity contribution in [3.8, 4) is 5.75 Å². The zero-order valence-electron chi connectivity index (χ0n) is 15.0. The summed E-state index contributed by atoms with van der Waals surface area (Å²) < 4.78 is 11.1. The van der Waals surface area contributed by atoms with Gasteiger partial charge in [-0.25, -0.2) is 0 Å². The molecule has 1 saturated heterocycles. The maximum Gasteiger partial charge on any atom is 0.257 e. The van der Waals surface area contributed by atoms with Gasteiger partial charge in [0.25, 0.3) is 5.91 Å². The number of rotatable bonds is 7. The van der Waals surface area contributed by atoms with Gasteiger partial charge in [0.2, 0.25) is 0 Å². The van der Waals surface area contributed by atoms with E-state index in [0.29, 0.717) is 30.5 Å². The normalized spacial score (nSPS) is 16.5. The number of hydrogen-bond donors (Lipinski definition) is 0. The number of morpholine rings is 1. The average Bonchev–Trinajstić information content (AvgIpc) is 2.60. The fourth-order valence-corrected chi connectivity index (χ4v) is 2.79. The van der Waals surface area contributed by atoms with Gasteiger partial charge in [-0.05, 0) is 31.6 Å². The molecule has 0 bridgehead atoms. The standard InChI is InChI=1S/C19H28N2O3/c1-15(2)14-24-18-8-6-5-7-17(18)19(22)20(4)13-16(3)21-9-11-23-12-10-21/h5-8,16H,1,9-14H2,2-4H3/t16-/m0/s1. The number of carbonyl (C=O) groups excluding carboxylic acids is 1. The molecule has 0 unspecified atom stereocenters. The van der Waals surface area contributed by atoms with Gasteiger partial charge in [-0.3, -0.25) is 9.69 Å². The third-order valence-electron chi connectivity index (χ3n) is 4.15. The molecule has 1 aromatic carbocycles. The summed E-state index contributed by atoms with van der Waals surface area (Å²) >= 11 is 0. The van der Waals surface area contributed by atoms with Crippen LogP contribution in [0.4, 0.5) is 0 Å². The maximum absolute atomic E-state index is 12.8. The summed E-state index contributed by atoms with van der Waals surface area (Å²) in [5.41, 5.74) is 1.52. The molecule has 5 heteroatoms. The van der Waals surface area contributed by atoms with Gasteiger partial charge < -0.3 is 14.4 Å². The van der Waals surface area contributed by atoms with Gasteiger partial charge in [-0.15, -0.1) is 0 Å². The predicted molar refractivity (Wildman–Crippen MR) is 95.6 cm³/mol. The lowest BCUT2D eigenvalue weighted by atomic mass is 10.1. The molecule has 1 amide bonds. The zero-order chi connectivity index (χ0) is 17.5. The Labute approximate surface area is 144 Å². The number of ether oxygens (including phenoxy) is 2. The van der Waals surface area contributed by atoms with Crippen LogP contribution in [0, 0.1) is 0 Å². The Morgan fingerprint density at radius 2 is 2.04 bits per heavy atom. The summed E-state index contributed by atoms with van der Waals surface area (Å²) in [5.74, 6) is 0.587. The first-order chi connectivity index (χ1) is 11.5. The molecule has 2 rings (SSSR count). The summed E-state index contributed by atoms with van der Waals surface area (Å²) in [6, 6.07) is 7.67. The van der Waals surface area contributed by atoms with Crippen LogP contribution in [0.5, 0.6) is 5.75 Å². The summed E-state index contributed by atoms with van der Waals surface area (Å²) in [4.78, 5) is 16.9. The van der Waals surface area contributed by atoms with E-state index in [-0.39, 0.29) is 5.91 Å². The van der Waals surface area contributed by atoms with E-state index in [2.05, 4.69) is 18.4 Å². The first kappa shape index (κ1) is 18.5. The van der Waals surface area contributed by atoms with Crippen molar-refractivity contribution in [2.45, 2.75) is 19.9 Å². The first-order valence-corrected chi connectivity index (χ1v) is 8.42. The van der Waals surface area contributed by atoms with Crippen molar-refractivity contribution in [1.82, 2.24) is 9.80 Å². The quantitative estimate of drug-likeness (QED) is 0.719. The molecule has 0 aromatic heterocycles. The molecule has 132 valence electrons. The summed E-state index contributed by atoms with van der Waals surface area (Å²) in [6.07, 6.45) is 0. The molecule has 5 nitrogen and oxygen atoms in total. The molecule has 0 saturated carbocycles. The van der Waals surface area contributed by atoms with E-state index in [1.807, 2.05) is 38.2 Å². The van der Waals surface area contributed by atoms with Crippen molar-refractivity contribution in [1.29, 1.82) is 0 Å². The highest BCUT2D eigenvalue weighted by Gasteiger charge is 2.22. The summed E-state index contributed by atoms with van der Waals surface area (Å²) in [5, 5.41) is 0. The molecule has 1 aromatic rings. The van der Waals surface area contributed by atoms with Gasteiger partial charge in [-0.2, -0.15) is 0 Å². The molecule has 1 aliphatic heterocycles. The zero-order valence-corrected chi connectivity index (χ0v) is 15.0. The third-order valence-corrected chi connectivity index (χ3v) is 4.15. The number of benzene rings is 1. The van der Waals surface area contributed by atoms with Crippen molar-refractivity contribution in [3.05, 3.63) is 42.0 Å². The highest BCUT2D eigenvalue weighted by molar-refractivity contribution is 5.96. The fourth-order valence-electron chi connectivity index (χ4n) is 2.79. The Morgan fingerprint density at radius 1 is 1.38 bits per heavy atom. The predicted octanol–water partition coefficient (Wildman–Crippen LogP) is 2.43. The minimum atomic E-state index is -0.0209. The lowest BCUT2D eigenvalue weighted by Crippen LogP contribution is -2.47. The number of likely N-dealkylation sites (N-methyl/N-ethyl adjacent to an activating group) is 1. The molecule has 1 aliphatic rings. The minimum Gasteiger partial charge on any atom is -0.488 e. The lowest BCUT2D eigenvalue weighted by Gasteiger charge is -2.34. The largest absolute Gasteiger partial charge is 0.488 e. The van der Waals surface area contributed by atoms with Crippen molar-refractivity contribution in [2.75, 3.05) is 46.5 Å². The highest BCUT2D eigenvalue weighted by atomic mass is 16.5. The van der Waals surface area contributed by atoms with Gasteiger partial charge in [0.15, 0.2) is 0 Å². The van der Waals surface area contributed by atoms with E-state index in [4.69, 9.17) is 9.47 Å². The van der Waals surface area contributed by atoms with E-state index in [9.17, 15) is 4.79 Å². The van der Waals surface area contributed by atoms with Crippen molar-refractivity contribution < 1.29 is 14.3 Å². The average molecular weight is 332 g/mol. The van der Waals surface area contributed by atoms with Gasteiger partial charge in [0, 0.05) is 32.7 Å². The van der Waals surface area contributed by atoms with Crippen LogP contribution in [0.3, 0.4) is 0 Å². The van der Waals surface area contributed by atoms with Crippen molar-refractivity contribution in [2.24, 2.45) is 0 Å². The van der Waals surface area contributed by atoms with Gasteiger partial charge in [0.1, 0.15) is 12.4 Å². The number of nitrogens with zero attached hydrogens (tertiary/aromatic N) is 2. The lowest BCUT2D eigenvalue weighted by molar-refractivity contribution is 0.0142. The molecule has 1 fully saturated rings. The molecule has 24 heavy (non-hydrogen) atoms. The van der Waals surface area contributed by atoms with Crippen molar-refractivity contribution >= 4 is 5.91 Å². The second kappa shape index (κ2) is 8.85. The second-order valence-electron chi connectivity index (χ2n) is 6.42. The van der Waals surface area contributed by atoms with Crippen molar-refractivity contribution in [3.63, 3.8) is 0 Å². The molecular weight excluding hydrogens is 304 g/mol. The molecule has 0 radical (unpaired) electrons. The first-order valence-electron chi connectivity index (χ1n) is 8.42. The Hall–Kier alpha value is -1.85. The third kappa shape index (κ3) is 5.08. The van der Waals surface area contributed by atoms with Gasteiger partial charge >= 0.3 is 0 Å². The van der Waals surface area contributed by atoms with E-state index < -0.39 is 0 Å². The van der Waals surface area contributed by atoms with E-state index in [0.717, 1.165) is 31.9 Å². The Balaban J connectivity index is 2.00. The van der Waals surface area contributed by atoms with E-state index in [1.54, 1.807) is 4.90 Å². The minimum absolute atomic E-state index is 0.0209. The Bertz CT molecular complexity index is 567.